The maximum absolute atomic E-state index is 9.25. The number of rotatable bonds is 5. The predicted molar refractivity (Wildman–Crippen MR) is 78.7 cm³/mol. The quantitative estimate of drug-likeness (QED) is 0.368. The first-order valence-corrected chi connectivity index (χ1v) is 6.71. The van der Waals surface area contributed by atoms with Crippen molar-refractivity contribution in [1.82, 2.24) is 15.1 Å². The minimum Gasteiger partial charge on any atom is -0.487 e. The highest BCUT2D eigenvalue weighted by atomic mass is 127. The first-order chi connectivity index (χ1) is 9.63. The molecule has 0 spiro atoms. The summed E-state index contributed by atoms with van der Waals surface area (Å²) < 4.78 is 6.64. The van der Waals surface area contributed by atoms with E-state index in [4.69, 9.17) is 10.3 Å². The Kier molecular flexibility index (Phi) is 4.77. The molecule has 1 aromatic heterocycles. The van der Waals surface area contributed by atoms with Crippen LogP contribution < -0.4 is 4.74 Å². The molecule has 0 fully saturated rings. The van der Waals surface area contributed by atoms with E-state index in [9.17, 15) is 5.11 Å². The fourth-order valence-electron chi connectivity index (χ4n) is 1.56. The summed E-state index contributed by atoms with van der Waals surface area (Å²) in [6, 6.07) is 3.74. The molecule has 0 saturated carbocycles. The third-order valence-electron chi connectivity index (χ3n) is 2.55. The molecule has 0 radical (unpaired) electrons. The minimum atomic E-state index is -0.0397. The fraction of sp³-hybridized carbons (Fsp3) is 0.273. The van der Waals surface area contributed by atoms with Crippen molar-refractivity contribution in [3.8, 4) is 5.75 Å². The molecule has 1 N–H and O–H groups in total. The standard InChI is InChI=1S/C11H11IN6O2/c1-7-2-10(12)8(5-19)3-11(7)20-6-9-4-18(16-14-9)17-15-13/h2-4,19H,5-6H2,1H3. The zero-order valence-electron chi connectivity index (χ0n) is 10.6. The lowest BCUT2D eigenvalue weighted by atomic mass is 10.1. The Labute approximate surface area is 128 Å². The number of aliphatic hydroxyl groups is 1. The van der Waals surface area contributed by atoms with Crippen molar-refractivity contribution in [2.75, 3.05) is 0 Å². The maximum atomic E-state index is 9.25. The number of azide groups is 1. The van der Waals surface area contributed by atoms with Gasteiger partial charge in [0.1, 0.15) is 18.1 Å². The molecule has 2 aromatic rings. The van der Waals surface area contributed by atoms with Gasteiger partial charge in [0.2, 0.25) is 0 Å². The average molecular weight is 386 g/mol. The number of aliphatic hydroxyl groups excluding tert-OH is 1. The van der Waals surface area contributed by atoms with Crippen LogP contribution in [0.1, 0.15) is 16.8 Å². The van der Waals surface area contributed by atoms with E-state index < -0.39 is 0 Å². The molecule has 104 valence electrons. The second-order valence-electron chi connectivity index (χ2n) is 3.97. The monoisotopic (exact) mass is 386 g/mol. The fourth-order valence-corrected chi connectivity index (χ4v) is 2.36. The Bertz CT molecular complexity index is 665. The van der Waals surface area contributed by atoms with E-state index in [-0.39, 0.29) is 13.2 Å². The summed E-state index contributed by atoms with van der Waals surface area (Å²) in [4.78, 5) is 3.63. The van der Waals surface area contributed by atoms with Gasteiger partial charge in [0, 0.05) is 14.0 Å². The smallest absolute Gasteiger partial charge is 0.153 e. The highest BCUT2D eigenvalue weighted by molar-refractivity contribution is 14.1. The molecule has 20 heavy (non-hydrogen) atoms. The Morgan fingerprint density at radius 2 is 2.35 bits per heavy atom. The molecule has 0 amide bonds. The van der Waals surface area contributed by atoms with Gasteiger partial charge in [-0.1, -0.05) is 4.79 Å². The number of hydrogen-bond donors (Lipinski definition) is 1. The van der Waals surface area contributed by atoms with Gasteiger partial charge in [0.15, 0.2) is 6.20 Å². The van der Waals surface area contributed by atoms with Gasteiger partial charge in [0.05, 0.1) is 6.61 Å². The Morgan fingerprint density at radius 3 is 3.05 bits per heavy atom. The summed E-state index contributed by atoms with van der Waals surface area (Å²) in [7, 11) is 0. The number of ether oxygens (including phenoxy) is 1. The van der Waals surface area contributed by atoms with Crippen molar-refractivity contribution in [1.29, 1.82) is 0 Å². The molecule has 0 aliphatic heterocycles. The summed E-state index contributed by atoms with van der Waals surface area (Å²) >= 11 is 2.17. The molecule has 2 rings (SSSR count). The lowest BCUT2D eigenvalue weighted by Crippen LogP contribution is -2.00. The Hall–Kier alpha value is -1.84. The van der Waals surface area contributed by atoms with Crippen LogP contribution >= 0.6 is 22.6 Å². The van der Waals surface area contributed by atoms with Gasteiger partial charge in [-0.05, 0) is 52.8 Å². The highest BCUT2D eigenvalue weighted by Crippen LogP contribution is 2.25. The molecule has 0 aliphatic rings. The highest BCUT2D eigenvalue weighted by Gasteiger charge is 2.08. The van der Waals surface area contributed by atoms with E-state index in [1.165, 1.54) is 6.20 Å². The van der Waals surface area contributed by atoms with Gasteiger partial charge >= 0.3 is 0 Å². The summed E-state index contributed by atoms with van der Waals surface area (Å²) in [5.41, 5.74) is 10.6. The number of hydrogen-bond acceptors (Lipinski definition) is 5. The van der Waals surface area contributed by atoms with Gasteiger partial charge in [-0.3, -0.25) is 0 Å². The molecule has 9 heteroatoms. The van der Waals surface area contributed by atoms with Crippen molar-refractivity contribution in [2.24, 2.45) is 5.22 Å². The number of aromatic nitrogens is 3. The van der Waals surface area contributed by atoms with E-state index in [0.717, 1.165) is 19.5 Å². The summed E-state index contributed by atoms with van der Waals surface area (Å²) in [5, 5.41) is 19.9. The van der Waals surface area contributed by atoms with Crippen LogP contribution in [0.2, 0.25) is 0 Å². The largest absolute Gasteiger partial charge is 0.487 e. The third-order valence-corrected chi connectivity index (χ3v) is 3.56. The van der Waals surface area contributed by atoms with E-state index in [1.54, 1.807) is 6.07 Å². The van der Waals surface area contributed by atoms with Gasteiger partial charge in [-0.15, -0.1) is 10.6 Å². The van der Waals surface area contributed by atoms with Gasteiger partial charge < -0.3 is 9.84 Å². The number of aryl methyl sites for hydroxylation is 1. The number of benzene rings is 1. The van der Waals surface area contributed by atoms with Crippen molar-refractivity contribution in [3.05, 3.63) is 49.2 Å². The zero-order valence-corrected chi connectivity index (χ0v) is 12.7. The number of nitrogens with zero attached hydrogens (tertiary/aromatic N) is 6. The van der Waals surface area contributed by atoms with E-state index in [0.29, 0.717) is 11.4 Å². The molecule has 0 atom stereocenters. The molecule has 0 unspecified atom stereocenters. The van der Waals surface area contributed by atoms with Gasteiger partial charge in [-0.25, -0.2) is 0 Å². The van der Waals surface area contributed by atoms with Crippen LogP contribution in [-0.4, -0.2) is 20.2 Å². The first-order valence-electron chi connectivity index (χ1n) is 5.63. The first kappa shape index (κ1) is 14.6. The maximum Gasteiger partial charge on any atom is 0.153 e. The molecule has 0 bridgehead atoms. The molecule has 8 nitrogen and oxygen atoms in total. The summed E-state index contributed by atoms with van der Waals surface area (Å²) in [6.07, 6.45) is 1.48. The van der Waals surface area contributed by atoms with Crippen LogP contribution in [0, 0.1) is 10.5 Å². The molecule has 1 heterocycles. The molecule has 1 aromatic carbocycles. The lowest BCUT2D eigenvalue weighted by Gasteiger charge is -2.10. The predicted octanol–water partition coefficient (Wildman–Crippen LogP) is 2.34. The summed E-state index contributed by atoms with van der Waals surface area (Å²) in [6.45, 7) is 2.09. The van der Waals surface area contributed by atoms with Crippen LogP contribution in [0.4, 0.5) is 0 Å². The molecular formula is C11H11IN6O2. The molecular weight excluding hydrogens is 375 g/mol. The van der Waals surface area contributed by atoms with Crippen molar-refractivity contribution in [2.45, 2.75) is 20.1 Å². The van der Waals surface area contributed by atoms with Crippen LogP contribution in [0.5, 0.6) is 5.75 Å². The second-order valence-corrected chi connectivity index (χ2v) is 5.13. The normalized spacial score (nSPS) is 10.2. The van der Waals surface area contributed by atoms with E-state index in [2.05, 4.69) is 43.0 Å². The van der Waals surface area contributed by atoms with Crippen LogP contribution in [0.25, 0.3) is 10.4 Å². The van der Waals surface area contributed by atoms with Crippen LogP contribution in [0.3, 0.4) is 0 Å². The van der Waals surface area contributed by atoms with Crippen LogP contribution in [-0.2, 0) is 13.2 Å². The van der Waals surface area contributed by atoms with Crippen molar-refractivity contribution in [3.63, 3.8) is 0 Å². The van der Waals surface area contributed by atoms with Crippen molar-refractivity contribution < 1.29 is 9.84 Å². The molecule has 0 aliphatic carbocycles. The average Bonchev–Trinajstić information content (AvgIpc) is 2.86. The number of halogens is 1. The van der Waals surface area contributed by atoms with E-state index >= 15 is 0 Å². The van der Waals surface area contributed by atoms with Gasteiger partial charge in [-0.2, -0.15) is 4.91 Å². The Balaban J connectivity index is 2.11. The van der Waals surface area contributed by atoms with Crippen molar-refractivity contribution >= 4 is 22.6 Å². The van der Waals surface area contributed by atoms with Crippen LogP contribution in [0.15, 0.2) is 23.6 Å². The minimum absolute atomic E-state index is 0.0397. The van der Waals surface area contributed by atoms with E-state index in [1.807, 2.05) is 13.0 Å². The Morgan fingerprint density at radius 1 is 1.55 bits per heavy atom. The molecule has 0 saturated heterocycles. The SMILES string of the molecule is Cc1cc(I)c(CO)cc1OCc1cn(N=[N+]=[N-])nn1. The topological polar surface area (TPSA) is 109 Å². The second kappa shape index (κ2) is 6.55. The lowest BCUT2D eigenvalue weighted by molar-refractivity contribution is 0.276. The van der Waals surface area contributed by atoms with Gasteiger partial charge in [0.25, 0.3) is 0 Å². The zero-order chi connectivity index (χ0) is 14.5. The summed E-state index contributed by atoms with van der Waals surface area (Å²) in [5.74, 6) is 0.674. The third kappa shape index (κ3) is 3.38.